The Hall–Kier alpha value is -1.88. The molecule has 2 atom stereocenters. The summed E-state index contributed by atoms with van der Waals surface area (Å²) >= 11 is 0. The highest BCUT2D eigenvalue weighted by Gasteiger charge is 2.39. The summed E-state index contributed by atoms with van der Waals surface area (Å²) in [6, 6.07) is 9.94. The first-order valence-electron chi connectivity index (χ1n) is 8.78. The minimum absolute atomic E-state index is 0.00596. The van der Waals surface area contributed by atoms with Crippen LogP contribution >= 0.6 is 0 Å². The quantitative estimate of drug-likeness (QED) is 0.868. The summed E-state index contributed by atoms with van der Waals surface area (Å²) < 4.78 is 0. The molecule has 0 radical (unpaired) electrons. The second-order valence-corrected chi connectivity index (χ2v) is 7.24. The highest BCUT2D eigenvalue weighted by atomic mass is 16.3. The number of amides is 2. The van der Waals surface area contributed by atoms with E-state index < -0.39 is 5.60 Å². The van der Waals surface area contributed by atoms with E-state index in [2.05, 4.69) is 5.32 Å². The van der Waals surface area contributed by atoms with Crippen LogP contribution in [0.15, 0.2) is 30.3 Å². The Balaban J connectivity index is 1.61. The lowest BCUT2D eigenvalue weighted by molar-refractivity contribution is -0.128. The van der Waals surface area contributed by atoms with E-state index in [0.29, 0.717) is 25.8 Å². The van der Waals surface area contributed by atoms with Gasteiger partial charge in [-0.2, -0.15) is 0 Å². The van der Waals surface area contributed by atoms with Crippen molar-refractivity contribution >= 4 is 11.8 Å². The van der Waals surface area contributed by atoms with Crippen LogP contribution in [0, 0.1) is 5.92 Å². The topological polar surface area (TPSA) is 69.6 Å². The molecule has 1 aliphatic carbocycles. The average molecular weight is 330 g/mol. The first kappa shape index (κ1) is 17.0. The molecule has 5 nitrogen and oxygen atoms in total. The fourth-order valence-corrected chi connectivity index (χ4v) is 4.10. The zero-order chi connectivity index (χ0) is 17.2. The number of likely N-dealkylation sites (tertiary alicyclic amines) is 1. The Labute approximate surface area is 143 Å². The van der Waals surface area contributed by atoms with Crippen molar-refractivity contribution in [2.24, 2.45) is 5.92 Å². The lowest BCUT2D eigenvalue weighted by Gasteiger charge is -2.26. The maximum atomic E-state index is 12.2. The number of nitrogens with zero attached hydrogens (tertiary/aromatic N) is 1. The molecule has 2 unspecified atom stereocenters. The number of hydrogen-bond donors (Lipinski definition) is 2. The van der Waals surface area contributed by atoms with Gasteiger partial charge in [0.25, 0.3) is 0 Å². The lowest BCUT2D eigenvalue weighted by atomic mass is 9.93. The first-order valence-corrected chi connectivity index (χ1v) is 8.78. The Kier molecular flexibility index (Phi) is 4.90. The van der Waals surface area contributed by atoms with Crippen molar-refractivity contribution in [3.63, 3.8) is 0 Å². The summed E-state index contributed by atoms with van der Waals surface area (Å²) in [4.78, 5) is 26.1. The molecule has 0 aromatic heterocycles. The smallest absolute Gasteiger partial charge is 0.223 e. The molecule has 0 bridgehead atoms. The van der Waals surface area contributed by atoms with Gasteiger partial charge in [-0.3, -0.25) is 9.59 Å². The first-order chi connectivity index (χ1) is 11.5. The SMILES string of the molecule is CN1C(=O)CC(CNC(=O)CC2(O)CCCC2)C1c1ccccc1. The van der Waals surface area contributed by atoms with E-state index in [1.807, 2.05) is 37.4 Å². The molecule has 1 saturated carbocycles. The van der Waals surface area contributed by atoms with E-state index in [1.165, 1.54) is 0 Å². The third-order valence-corrected chi connectivity index (χ3v) is 5.42. The minimum Gasteiger partial charge on any atom is -0.389 e. The number of nitrogens with one attached hydrogen (secondary N) is 1. The van der Waals surface area contributed by atoms with Crippen molar-refractivity contribution in [2.75, 3.05) is 13.6 Å². The van der Waals surface area contributed by atoms with Gasteiger partial charge < -0.3 is 15.3 Å². The van der Waals surface area contributed by atoms with Crippen LogP contribution in [-0.2, 0) is 9.59 Å². The molecule has 2 amide bonds. The van der Waals surface area contributed by atoms with Crippen LogP contribution < -0.4 is 5.32 Å². The third-order valence-electron chi connectivity index (χ3n) is 5.42. The molecule has 0 spiro atoms. The summed E-state index contributed by atoms with van der Waals surface area (Å²) in [6.07, 6.45) is 4.00. The van der Waals surface area contributed by atoms with Crippen LogP contribution in [0.25, 0.3) is 0 Å². The predicted molar refractivity (Wildman–Crippen MR) is 91.1 cm³/mol. The number of benzene rings is 1. The number of carbonyl (C=O) groups excluding carboxylic acids is 2. The van der Waals surface area contributed by atoms with E-state index in [9.17, 15) is 14.7 Å². The van der Waals surface area contributed by atoms with Crippen LogP contribution in [-0.4, -0.2) is 41.0 Å². The van der Waals surface area contributed by atoms with E-state index in [-0.39, 0.29) is 30.2 Å². The molecule has 24 heavy (non-hydrogen) atoms. The van der Waals surface area contributed by atoms with Gasteiger partial charge in [0.2, 0.25) is 11.8 Å². The van der Waals surface area contributed by atoms with Gasteiger partial charge in [0.1, 0.15) is 0 Å². The summed E-state index contributed by atoms with van der Waals surface area (Å²) in [5.41, 5.74) is 0.269. The van der Waals surface area contributed by atoms with Crippen molar-refractivity contribution < 1.29 is 14.7 Å². The highest BCUT2D eigenvalue weighted by molar-refractivity contribution is 5.80. The highest BCUT2D eigenvalue weighted by Crippen LogP contribution is 2.36. The fourth-order valence-electron chi connectivity index (χ4n) is 4.10. The summed E-state index contributed by atoms with van der Waals surface area (Å²) in [7, 11) is 1.82. The van der Waals surface area contributed by atoms with Crippen LogP contribution in [0.4, 0.5) is 0 Å². The van der Waals surface area contributed by atoms with Crippen LogP contribution in [0.1, 0.15) is 50.1 Å². The molecule has 5 heteroatoms. The fraction of sp³-hybridized carbons (Fsp3) is 0.579. The summed E-state index contributed by atoms with van der Waals surface area (Å²) in [6.45, 7) is 0.463. The van der Waals surface area contributed by atoms with Gasteiger partial charge in [0, 0.05) is 25.9 Å². The zero-order valence-corrected chi connectivity index (χ0v) is 14.2. The van der Waals surface area contributed by atoms with Crippen LogP contribution in [0.2, 0.25) is 0 Å². The van der Waals surface area contributed by atoms with Gasteiger partial charge in [-0.05, 0) is 18.4 Å². The molecule has 3 rings (SSSR count). The van der Waals surface area contributed by atoms with Crippen LogP contribution in [0.3, 0.4) is 0 Å². The van der Waals surface area contributed by atoms with Gasteiger partial charge in [-0.1, -0.05) is 43.2 Å². The molecular weight excluding hydrogens is 304 g/mol. The maximum absolute atomic E-state index is 12.2. The monoisotopic (exact) mass is 330 g/mol. The molecule has 1 aromatic rings. The van der Waals surface area contributed by atoms with Gasteiger partial charge in [0.05, 0.1) is 18.1 Å². The molecular formula is C19H26N2O3. The Morgan fingerprint density at radius 3 is 2.62 bits per heavy atom. The van der Waals surface area contributed by atoms with Crippen molar-refractivity contribution in [2.45, 2.75) is 50.2 Å². The maximum Gasteiger partial charge on any atom is 0.223 e. The zero-order valence-electron chi connectivity index (χ0n) is 14.2. The summed E-state index contributed by atoms with van der Waals surface area (Å²) in [5, 5.41) is 13.3. The van der Waals surface area contributed by atoms with Gasteiger partial charge >= 0.3 is 0 Å². The van der Waals surface area contributed by atoms with Crippen LogP contribution in [0.5, 0.6) is 0 Å². The minimum atomic E-state index is -0.828. The van der Waals surface area contributed by atoms with Gasteiger partial charge in [0.15, 0.2) is 0 Å². The van der Waals surface area contributed by atoms with E-state index in [0.717, 1.165) is 18.4 Å². The second kappa shape index (κ2) is 6.93. The molecule has 1 saturated heterocycles. The standard InChI is InChI=1S/C19H26N2O3/c1-21-17(23)11-15(18(21)14-7-3-2-4-8-14)13-20-16(22)12-19(24)9-5-6-10-19/h2-4,7-8,15,18,24H,5-6,9-13H2,1H3,(H,20,22). The molecule has 1 aromatic carbocycles. The average Bonchev–Trinajstić information content (AvgIpc) is 3.10. The molecule has 1 heterocycles. The third kappa shape index (κ3) is 3.61. The molecule has 2 N–H and O–H groups in total. The van der Waals surface area contributed by atoms with Crippen molar-refractivity contribution in [3.05, 3.63) is 35.9 Å². The van der Waals surface area contributed by atoms with Gasteiger partial charge in [-0.15, -0.1) is 0 Å². The second-order valence-electron chi connectivity index (χ2n) is 7.24. The molecule has 2 fully saturated rings. The predicted octanol–water partition coefficient (Wildman–Crippen LogP) is 2.02. The summed E-state index contributed by atoms with van der Waals surface area (Å²) in [5.74, 6) is 0.0535. The Morgan fingerprint density at radius 2 is 1.96 bits per heavy atom. The van der Waals surface area contributed by atoms with E-state index >= 15 is 0 Å². The number of rotatable bonds is 5. The Bertz CT molecular complexity index is 596. The van der Waals surface area contributed by atoms with E-state index in [4.69, 9.17) is 0 Å². The van der Waals surface area contributed by atoms with Crippen molar-refractivity contribution in [1.82, 2.24) is 10.2 Å². The van der Waals surface area contributed by atoms with Crippen molar-refractivity contribution in [1.29, 1.82) is 0 Å². The van der Waals surface area contributed by atoms with E-state index in [1.54, 1.807) is 4.90 Å². The number of aliphatic hydroxyl groups is 1. The number of hydrogen-bond acceptors (Lipinski definition) is 3. The molecule has 2 aliphatic rings. The van der Waals surface area contributed by atoms with Gasteiger partial charge in [-0.25, -0.2) is 0 Å². The Morgan fingerprint density at radius 1 is 1.29 bits per heavy atom. The molecule has 1 aliphatic heterocycles. The normalized spacial score (nSPS) is 25.9. The lowest BCUT2D eigenvalue weighted by Crippen LogP contribution is -2.37. The largest absolute Gasteiger partial charge is 0.389 e. The molecule has 130 valence electrons. The number of carbonyl (C=O) groups is 2. The van der Waals surface area contributed by atoms with Crippen molar-refractivity contribution in [3.8, 4) is 0 Å².